The molecule has 0 aliphatic heterocycles. The van der Waals surface area contributed by atoms with Gasteiger partial charge in [-0.15, -0.1) is 0 Å². The molecule has 2 aromatic rings. The molecule has 146 valence electrons. The number of carboxylic acids is 1. The van der Waals surface area contributed by atoms with E-state index in [4.69, 9.17) is 24.1 Å². The number of carbonyl (C=O) groups is 1. The number of hydrogen-bond donors (Lipinski definition) is 2. The van der Waals surface area contributed by atoms with Crippen molar-refractivity contribution in [3.63, 3.8) is 0 Å². The third-order valence-corrected chi connectivity index (χ3v) is 4.06. The van der Waals surface area contributed by atoms with E-state index in [0.717, 1.165) is 5.56 Å². The first-order valence-electron chi connectivity index (χ1n) is 8.40. The molecule has 2 N–H and O–H groups in total. The van der Waals surface area contributed by atoms with Gasteiger partial charge in [-0.2, -0.15) is 0 Å². The van der Waals surface area contributed by atoms with E-state index in [1.807, 2.05) is 6.07 Å². The molecule has 7 nitrogen and oxygen atoms in total. The second kappa shape index (κ2) is 9.68. The summed E-state index contributed by atoms with van der Waals surface area (Å²) in [6.45, 7) is -0.430. The van der Waals surface area contributed by atoms with Crippen molar-refractivity contribution < 1.29 is 34.0 Å². The van der Waals surface area contributed by atoms with Crippen LogP contribution < -0.4 is 18.9 Å². The number of ether oxygens (including phenoxy) is 4. The summed E-state index contributed by atoms with van der Waals surface area (Å²) < 4.78 is 21.2. The predicted octanol–water partition coefficient (Wildman–Crippen LogP) is 2.84. The largest absolute Gasteiger partial charge is 0.497 e. The Bertz CT molecular complexity index is 773. The molecule has 2 rings (SSSR count). The van der Waals surface area contributed by atoms with Crippen LogP contribution in [0, 0.1) is 0 Å². The van der Waals surface area contributed by atoms with Crippen LogP contribution in [0.1, 0.15) is 23.7 Å². The van der Waals surface area contributed by atoms with Crippen molar-refractivity contribution in [1.82, 2.24) is 0 Å². The van der Waals surface area contributed by atoms with Gasteiger partial charge in [-0.25, -0.2) is 4.79 Å². The van der Waals surface area contributed by atoms with Gasteiger partial charge in [0.05, 0.1) is 27.4 Å². The lowest BCUT2D eigenvalue weighted by atomic mass is 10.00. The first-order valence-corrected chi connectivity index (χ1v) is 8.40. The lowest BCUT2D eigenvalue weighted by molar-refractivity contribution is -0.139. The standard InChI is InChI=1S/C20H24O7/c1-24-16-10-14(20(26-3)18(11-16)25-2)7-8-17(21)13-5-4-6-15(9-13)27-12-19(22)23/h4-6,9-11,17,21H,7-8,12H2,1-3H3,(H,22,23). The van der Waals surface area contributed by atoms with Gasteiger partial charge in [-0.05, 0) is 36.6 Å². The number of hydrogen-bond acceptors (Lipinski definition) is 6. The summed E-state index contributed by atoms with van der Waals surface area (Å²) in [5.41, 5.74) is 1.50. The Morgan fingerprint density at radius 3 is 2.44 bits per heavy atom. The maximum atomic E-state index is 10.6. The molecule has 0 amide bonds. The van der Waals surface area contributed by atoms with E-state index in [9.17, 15) is 9.90 Å². The number of aliphatic hydroxyl groups excluding tert-OH is 1. The molecule has 1 atom stereocenters. The Morgan fingerprint density at radius 2 is 1.81 bits per heavy atom. The summed E-state index contributed by atoms with van der Waals surface area (Å²) in [6.07, 6.45) is 0.202. The molecule has 27 heavy (non-hydrogen) atoms. The van der Waals surface area contributed by atoms with Gasteiger partial charge in [0.25, 0.3) is 0 Å². The van der Waals surface area contributed by atoms with E-state index in [-0.39, 0.29) is 0 Å². The molecule has 7 heteroatoms. The zero-order chi connectivity index (χ0) is 19.8. The molecule has 0 saturated heterocycles. The molecule has 0 bridgehead atoms. The number of methoxy groups -OCH3 is 3. The van der Waals surface area contributed by atoms with Gasteiger partial charge in [0, 0.05) is 11.6 Å². The number of aliphatic carboxylic acids is 1. The normalized spacial score (nSPS) is 11.6. The monoisotopic (exact) mass is 376 g/mol. The van der Waals surface area contributed by atoms with E-state index in [1.54, 1.807) is 51.7 Å². The first-order chi connectivity index (χ1) is 13.0. The fourth-order valence-corrected chi connectivity index (χ4v) is 2.73. The molecular formula is C20H24O7. The number of carboxylic acid groups (broad SMARTS) is 1. The average molecular weight is 376 g/mol. The van der Waals surface area contributed by atoms with E-state index in [1.165, 1.54) is 0 Å². The summed E-state index contributed by atoms with van der Waals surface area (Å²) >= 11 is 0. The third-order valence-electron chi connectivity index (χ3n) is 4.06. The molecule has 0 aromatic heterocycles. The Morgan fingerprint density at radius 1 is 1.04 bits per heavy atom. The average Bonchev–Trinajstić information content (AvgIpc) is 2.69. The van der Waals surface area contributed by atoms with Crippen LogP contribution in [0.15, 0.2) is 36.4 Å². The number of benzene rings is 2. The summed E-state index contributed by atoms with van der Waals surface area (Å²) in [5, 5.41) is 19.2. The molecule has 0 spiro atoms. The van der Waals surface area contributed by atoms with Crippen molar-refractivity contribution >= 4 is 5.97 Å². The zero-order valence-corrected chi connectivity index (χ0v) is 15.6. The van der Waals surface area contributed by atoms with Crippen molar-refractivity contribution in [3.8, 4) is 23.0 Å². The van der Waals surface area contributed by atoms with Crippen LogP contribution in [-0.2, 0) is 11.2 Å². The maximum absolute atomic E-state index is 10.6. The molecule has 0 heterocycles. The Balaban J connectivity index is 2.12. The second-order valence-corrected chi connectivity index (χ2v) is 5.83. The molecule has 1 unspecified atom stereocenters. The van der Waals surface area contributed by atoms with Crippen molar-refractivity contribution in [2.24, 2.45) is 0 Å². The third kappa shape index (κ3) is 5.52. The quantitative estimate of drug-likeness (QED) is 0.658. The number of aliphatic hydroxyl groups is 1. The van der Waals surface area contributed by atoms with Gasteiger partial charge >= 0.3 is 5.97 Å². The van der Waals surface area contributed by atoms with E-state index < -0.39 is 18.7 Å². The van der Waals surface area contributed by atoms with E-state index in [2.05, 4.69) is 0 Å². The van der Waals surface area contributed by atoms with Gasteiger partial charge in [-0.1, -0.05) is 12.1 Å². The van der Waals surface area contributed by atoms with Crippen molar-refractivity contribution in [2.45, 2.75) is 18.9 Å². The number of rotatable bonds is 10. The topological polar surface area (TPSA) is 94.5 Å². The minimum Gasteiger partial charge on any atom is -0.497 e. The second-order valence-electron chi connectivity index (χ2n) is 5.83. The fraction of sp³-hybridized carbons (Fsp3) is 0.350. The zero-order valence-electron chi connectivity index (χ0n) is 15.6. The molecule has 0 radical (unpaired) electrons. The van der Waals surface area contributed by atoms with E-state index >= 15 is 0 Å². The van der Waals surface area contributed by atoms with Crippen molar-refractivity contribution in [2.75, 3.05) is 27.9 Å². The molecule has 0 saturated carbocycles. The van der Waals surface area contributed by atoms with Gasteiger partial charge in [-0.3, -0.25) is 0 Å². The van der Waals surface area contributed by atoms with Gasteiger partial charge in [0.2, 0.25) is 0 Å². The molecule has 2 aromatic carbocycles. The highest BCUT2D eigenvalue weighted by Crippen LogP contribution is 2.37. The van der Waals surface area contributed by atoms with Crippen LogP contribution >= 0.6 is 0 Å². The van der Waals surface area contributed by atoms with Crippen LogP contribution in [0.4, 0.5) is 0 Å². The SMILES string of the molecule is COc1cc(CCC(O)c2cccc(OCC(=O)O)c2)c(OC)c(OC)c1. The van der Waals surface area contributed by atoms with Crippen molar-refractivity contribution in [3.05, 3.63) is 47.5 Å². The summed E-state index contributed by atoms with van der Waals surface area (Å²) in [6, 6.07) is 10.3. The van der Waals surface area contributed by atoms with Gasteiger partial charge in [0.15, 0.2) is 18.1 Å². The Labute approximate surface area is 158 Å². The Hall–Kier alpha value is -2.93. The van der Waals surface area contributed by atoms with Crippen molar-refractivity contribution in [1.29, 1.82) is 0 Å². The maximum Gasteiger partial charge on any atom is 0.341 e. The summed E-state index contributed by atoms with van der Waals surface area (Å²) in [5.74, 6) is 1.14. The van der Waals surface area contributed by atoms with Crippen LogP contribution in [-0.4, -0.2) is 44.1 Å². The van der Waals surface area contributed by atoms with E-state index in [0.29, 0.717) is 41.4 Å². The molecule has 0 aliphatic rings. The minimum atomic E-state index is -1.06. The smallest absolute Gasteiger partial charge is 0.341 e. The fourth-order valence-electron chi connectivity index (χ4n) is 2.73. The summed E-state index contributed by atoms with van der Waals surface area (Å²) in [7, 11) is 4.69. The highest BCUT2D eigenvalue weighted by atomic mass is 16.5. The van der Waals surface area contributed by atoms with Gasteiger partial charge < -0.3 is 29.2 Å². The summed E-state index contributed by atoms with van der Waals surface area (Å²) in [4.78, 5) is 10.6. The highest BCUT2D eigenvalue weighted by molar-refractivity contribution is 5.68. The van der Waals surface area contributed by atoms with Crippen LogP contribution in [0.25, 0.3) is 0 Å². The van der Waals surface area contributed by atoms with Gasteiger partial charge in [0.1, 0.15) is 11.5 Å². The minimum absolute atomic E-state index is 0.398. The Kier molecular flexibility index (Phi) is 7.31. The molecule has 0 aliphatic carbocycles. The lowest BCUT2D eigenvalue weighted by Crippen LogP contribution is -2.09. The van der Waals surface area contributed by atoms with Crippen LogP contribution in [0.5, 0.6) is 23.0 Å². The highest BCUT2D eigenvalue weighted by Gasteiger charge is 2.16. The molecule has 0 fully saturated rings. The predicted molar refractivity (Wildman–Crippen MR) is 99.0 cm³/mol. The number of aryl methyl sites for hydroxylation is 1. The van der Waals surface area contributed by atoms with Crippen LogP contribution in [0.3, 0.4) is 0 Å². The molecular weight excluding hydrogens is 352 g/mol. The lowest BCUT2D eigenvalue weighted by Gasteiger charge is -2.17. The first kappa shape index (κ1) is 20.4. The van der Waals surface area contributed by atoms with Crippen LogP contribution in [0.2, 0.25) is 0 Å².